The molecule has 4 aromatic carbocycles. The Bertz CT molecular complexity index is 1580. The van der Waals surface area contributed by atoms with Gasteiger partial charge in [0.1, 0.15) is 30.6 Å². The van der Waals surface area contributed by atoms with Crippen LogP contribution < -0.4 is 19.5 Å². The number of benzene rings is 4. The highest BCUT2D eigenvalue weighted by molar-refractivity contribution is 9.10. The minimum Gasteiger partial charge on any atom is -0.490 e. The second-order valence-corrected chi connectivity index (χ2v) is 10.2. The molecule has 0 aliphatic carbocycles. The molecule has 0 unspecified atom stereocenters. The molecule has 0 fully saturated rings. The van der Waals surface area contributed by atoms with E-state index in [4.69, 9.17) is 14.2 Å². The van der Waals surface area contributed by atoms with Gasteiger partial charge in [-0.3, -0.25) is 4.79 Å². The van der Waals surface area contributed by atoms with Gasteiger partial charge in [0.25, 0.3) is 5.91 Å². The largest absolute Gasteiger partial charge is 0.490 e. The summed E-state index contributed by atoms with van der Waals surface area (Å²) in [5, 5.41) is 12.5. The number of hydrogen-bond donors (Lipinski definition) is 1. The fourth-order valence-corrected chi connectivity index (χ4v) is 4.59. The van der Waals surface area contributed by atoms with Crippen LogP contribution in [-0.2, 0) is 18.0 Å². The van der Waals surface area contributed by atoms with Crippen molar-refractivity contribution in [3.8, 4) is 23.3 Å². The molecule has 7 heteroatoms. The van der Waals surface area contributed by atoms with E-state index in [1.54, 1.807) is 36.4 Å². The number of nitrogens with one attached hydrogen (secondary N) is 1. The molecule has 0 spiro atoms. The summed E-state index contributed by atoms with van der Waals surface area (Å²) in [4.78, 5) is 12.9. The average molecular weight is 612 g/mol. The highest BCUT2D eigenvalue weighted by atomic mass is 79.9. The fraction of sp³-hybridized carbons (Fsp3) is 0.176. The maximum atomic E-state index is 12.9. The highest BCUT2D eigenvalue weighted by Crippen LogP contribution is 2.38. The molecule has 6 nitrogen and oxygen atoms in total. The topological polar surface area (TPSA) is 80.6 Å². The van der Waals surface area contributed by atoms with E-state index in [0.29, 0.717) is 52.8 Å². The van der Waals surface area contributed by atoms with Gasteiger partial charge < -0.3 is 19.5 Å². The Balaban J connectivity index is 1.45. The molecule has 0 atom stereocenters. The van der Waals surface area contributed by atoms with Crippen LogP contribution >= 0.6 is 15.9 Å². The Morgan fingerprint density at radius 3 is 2.29 bits per heavy atom. The van der Waals surface area contributed by atoms with Crippen molar-refractivity contribution in [3.05, 3.63) is 123 Å². The molecule has 1 N–H and O–H groups in total. The Morgan fingerprint density at radius 1 is 0.878 bits per heavy atom. The molecule has 4 rings (SSSR count). The minimum atomic E-state index is -0.519. The molecule has 0 aliphatic rings. The van der Waals surface area contributed by atoms with E-state index < -0.39 is 5.91 Å². The summed E-state index contributed by atoms with van der Waals surface area (Å²) in [6, 6.07) is 28.6. The lowest BCUT2D eigenvalue weighted by Crippen LogP contribution is -2.13. The first-order valence-corrected chi connectivity index (χ1v) is 14.0. The first kappa shape index (κ1) is 29.4. The summed E-state index contributed by atoms with van der Waals surface area (Å²) in [6.45, 7) is 7.27. The van der Waals surface area contributed by atoms with Gasteiger partial charge >= 0.3 is 0 Å². The van der Waals surface area contributed by atoms with Crippen LogP contribution in [-0.4, -0.2) is 12.5 Å². The minimum absolute atomic E-state index is 0.0486. The number of carbonyl (C=O) groups is 1. The summed E-state index contributed by atoms with van der Waals surface area (Å²) < 4.78 is 18.4. The van der Waals surface area contributed by atoms with Gasteiger partial charge in [-0.25, -0.2) is 0 Å². The maximum Gasteiger partial charge on any atom is 0.266 e. The second-order valence-electron chi connectivity index (χ2n) is 9.39. The molecule has 0 heterocycles. The van der Waals surface area contributed by atoms with Crippen LogP contribution in [0.2, 0.25) is 0 Å². The van der Waals surface area contributed by atoms with Crippen LogP contribution in [0.5, 0.6) is 17.2 Å². The van der Waals surface area contributed by atoms with E-state index in [0.717, 1.165) is 11.1 Å². The van der Waals surface area contributed by atoms with Crippen molar-refractivity contribution < 1.29 is 19.0 Å². The van der Waals surface area contributed by atoms with Crippen molar-refractivity contribution >= 4 is 33.6 Å². The van der Waals surface area contributed by atoms with E-state index in [-0.39, 0.29) is 5.57 Å². The van der Waals surface area contributed by atoms with Crippen molar-refractivity contribution in [1.82, 2.24) is 0 Å². The number of nitriles is 1. The monoisotopic (exact) mass is 610 g/mol. The Labute approximate surface area is 249 Å². The zero-order valence-electron chi connectivity index (χ0n) is 23.2. The molecular formula is C34H31BrN2O4. The summed E-state index contributed by atoms with van der Waals surface area (Å²) in [6.07, 6.45) is 1.52. The molecule has 0 bridgehead atoms. The smallest absolute Gasteiger partial charge is 0.266 e. The Morgan fingerprint density at radius 2 is 1.61 bits per heavy atom. The van der Waals surface area contributed by atoms with Crippen molar-refractivity contribution in [3.63, 3.8) is 0 Å². The van der Waals surface area contributed by atoms with Crippen molar-refractivity contribution in [2.45, 2.75) is 34.0 Å². The summed E-state index contributed by atoms with van der Waals surface area (Å²) in [7, 11) is 0. The number of rotatable bonds is 11. The number of anilines is 1. The number of nitrogens with zero attached hydrogens (tertiary/aromatic N) is 1. The maximum absolute atomic E-state index is 12.9. The molecular weight excluding hydrogens is 580 g/mol. The van der Waals surface area contributed by atoms with Crippen LogP contribution in [0.3, 0.4) is 0 Å². The average Bonchev–Trinajstić information content (AvgIpc) is 2.97. The number of ether oxygens (including phenoxy) is 3. The van der Waals surface area contributed by atoms with E-state index >= 15 is 0 Å². The summed E-state index contributed by atoms with van der Waals surface area (Å²) >= 11 is 3.58. The summed E-state index contributed by atoms with van der Waals surface area (Å²) in [5.41, 5.74) is 5.66. The standard InChI is InChI=1S/C34H31BrN2O4/c1-4-39-32-19-27(18-31(35)33(32)41-22-26-11-10-23(2)24(3)16-26)17-28(20-36)34(38)37-29-12-14-30(15-13-29)40-21-25-8-6-5-7-9-25/h5-19H,4,21-22H2,1-3H3,(H,37,38)/b28-17+. The van der Waals surface area contributed by atoms with Gasteiger partial charge in [-0.2, -0.15) is 5.26 Å². The predicted octanol–water partition coefficient (Wildman–Crippen LogP) is 8.17. The lowest BCUT2D eigenvalue weighted by atomic mass is 10.1. The zero-order valence-corrected chi connectivity index (χ0v) is 24.8. The quantitative estimate of drug-likeness (QED) is 0.137. The summed E-state index contributed by atoms with van der Waals surface area (Å²) in [5.74, 6) is 1.23. The van der Waals surface area contributed by atoms with Gasteiger partial charge in [-0.05, 0) is 107 Å². The Kier molecular flexibility index (Phi) is 10.2. The molecule has 0 aliphatic heterocycles. The number of amides is 1. The van der Waals surface area contributed by atoms with Crippen LogP contribution in [0.25, 0.3) is 6.08 Å². The molecule has 208 valence electrons. The van der Waals surface area contributed by atoms with Gasteiger partial charge in [0, 0.05) is 5.69 Å². The van der Waals surface area contributed by atoms with Crippen LogP contribution in [0.1, 0.15) is 34.7 Å². The van der Waals surface area contributed by atoms with Gasteiger partial charge in [0.2, 0.25) is 0 Å². The normalized spacial score (nSPS) is 11.0. The highest BCUT2D eigenvalue weighted by Gasteiger charge is 2.15. The lowest BCUT2D eigenvalue weighted by Gasteiger charge is -2.15. The van der Waals surface area contributed by atoms with Crippen LogP contribution in [0.15, 0.2) is 95.0 Å². The van der Waals surface area contributed by atoms with Crippen molar-refractivity contribution in [2.75, 3.05) is 11.9 Å². The number of halogens is 1. The van der Waals surface area contributed by atoms with Crippen molar-refractivity contribution in [1.29, 1.82) is 5.26 Å². The third-order valence-electron chi connectivity index (χ3n) is 6.32. The lowest BCUT2D eigenvalue weighted by molar-refractivity contribution is -0.112. The molecule has 4 aromatic rings. The molecule has 0 aromatic heterocycles. The van der Waals surface area contributed by atoms with E-state index in [9.17, 15) is 10.1 Å². The molecule has 1 amide bonds. The third-order valence-corrected chi connectivity index (χ3v) is 6.91. The predicted molar refractivity (Wildman–Crippen MR) is 165 cm³/mol. The van der Waals surface area contributed by atoms with Gasteiger partial charge in [0.15, 0.2) is 11.5 Å². The molecule has 41 heavy (non-hydrogen) atoms. The van der Waals surface area contributed by atoms with Crippen LogP contribution in [0, 0.1) is 25.2 Å². The molecule has 0 saturated carbocycles. The zero-order chi connectivity index (χ0) is 29.2. The SMILES string of the molecule is CCOc1cc(/C=C(\C#N)C(=O)Nc2ccc(OCc3ccccc3)cc2)cc(Br)c1OCc1ccc(C)c(C)c1. The second kappa shape index (κ2) is 14.2. The van der Waals surface area contributed by atoms with E-state index in [2.05, 4.69) is 47.2 Å². The Hall–Kier alpha value is -4.54. The first-order valence-electron chi connectivity index (χ1n) is 13.2. The van der Waals surface area contributed by atoms with Gasteiger partial charge in [-0.1, -0.05) is 48.5 Å². The van der Waals surface area contributed by atoms with E-state index in [1.165, 1.54) is 17.2 Å². The fourth-order valence-electron chi connectivity index (χ4n) is 4.01. The third kappa shape index (κ3) is 8.23. The molecule has 0 saturated heterocycles. The number of carbonyl (C=O) groups excluding carboxylic acids is 1. The number of hydrogen-bond acceptors (Lipinski definition) is 5. The molecule has 0 radical (unpaired) electrons. The van der Waals surface area contributed by atoms with Gasteiger partial charge in [-0.15, -0.1) is 0 Å². The van der Waals surface area contributed by atoms with E-state index in [1.807, 2.05) is 49.4 Å². The van der Waals surface area contributed by atoms with Crippen molar-refractivity contribution in [2.24, 2.45) is 0 Å². The van der Waals surface area contributed by atoms with Gasteiger partial charge in [0.05, 0.1) is 11.1 Å². The number of aryl methyl sites for hydroxylation is 2. The first-order chi connectivity index (χ1) is 19.9. The van der Waals surface area contributed by atoms with Crippen LogP contribution in [0.4, 0.5) is 5.69 Å².